The molecule has 0 atom stereocenters. The molecular weight excluding hydrogens is 276 g/mol. The van der Waals surface area contributed by atoms with Gasteiger partial charge in [-0.2, -0.15) is 8.42 Å². The Kier molecular flexibility index (Phi) is 4.02. The van der Waals surface area contributed by atoms with Gasteiger partial charge in [0.2, 0.25) is 0 Å². The minimum Gasteiger partial charge on any atom is -0.508 e. The summed E-state index contributed by atoms with van der Waals surface area (Å²) in [6.45, 7) is 10.7. The van der Waals surface area contributed by atoms with Gasteiger partial charge in [-0.1, -0.05) is 53.7 Å². The fraction of sp³-hybridized carbons (Fsp3) is 0.600. The molecule has 0 aliphatic carbocycles. The van der Waals surface area contributed by atoms with E-state index in [9.17, 15) is 18.1 Å². The number of phenolic OH excluding ortho intramolecular Hbond substituents is 1. The molecule has 20 heavy (non-hydrogen) atoms. The highest BCUT2D eigenvalue weighted by atomic mass is 32.2. The van der Waals surface area contributed by atoms with Crippen LogP contribution >= 0.6 is 0 Å². The zero-order chi connectivity index (χ0) is 16.0. The van der Waals surface area contributed by atoms with Crippen LogP contribution in [0.25, 0.3) is 0 Å². The largest absolute Gasteiger partial charge is 0.508 e. The van der Waals surface area contributed by atoms with Gasteiger partial charge in [-0.05, 0) is 28.5 Å². The van der Waals surface area contributed by atoms with Crippen LogP contribution in [0.1, 0.15) is 47.1 Å². The van der Waals surface area contributed by atoms with Crippen LogP contribution in [0.3, 0.4) is 0 Å². The number of benzene rings is 1. The maximum absolute atomic E-state index is 12.3. The molecule has 0 heterocycles. The lowest BCUT2D eigenvalue weighted by atomic mass is 9.62. The molecule has 0 saturated heterocycles. The Morgan fingerprint density at radius 1 is 0.850 bits per heavy atom. The van der Waals surface area contributed by atoms with Crippen molar-refractivity contribution >= 4 is 10.1 Å². The molecule has 0 aromatic heterocycles. The molecule has 0 fully saturated rings. The summed E-state index contributed by atoms with van der Waals surface area (Å²) in [5.74, 6) is 0.0563. The number of aromatic hydroxyl groups is 1. The lowest BCUT2D eigenvalue weighted by molar-refractivity contribution is 0.119. The molecule has 1 aromatic rings. The van der Waals surface area contributed by atoms with Gasteiger partial charge in [-0.3, -0.25) is 4.55 Å². The first kappa shape index (κ1) is 17.0. The number of hydrogen-bond acceptors (Lipinski definition) is 3. The van der Waals surface area contributed by atoms with Crippen LogP contribution in [0.15, 0.2) is 24.3 Å². The average molecular weight is 300 g/mol. The van der Waals surface area contributed by atoms with Crippen molar-refractivity contribution < 1.29 is 18.1 Å². The third-order valence-electron chi connectivity index (χ3n) is 3.77. The van der Waals surface area contributed by atoms with Gasteiger partial charge in [0.25, 0.3) is 10.1 Å². The van der Waals surface area contributed by atoms with E-state index >= 15 is 0 Å². The Bertz CT molecular complexity index is 558. The van der Waals surface area contributed by atoms with E-state index in [4.69, 9.17) is 0 Å². The lowest BCUT2D eigenvalue weighted by Gasteiger charge is -2.51. The molecule has 0 bridgehead atoms. The van der Waals surface area contributed by atoms with Gasteiger partial charge in [0, 0.05) is 0 Å². The number of rotatable bonds is 2. The van der Waals surface area contributed by atoms with Gasteiger partial charge in [0.15, 0.2) is 0 Å². The third kappa shape index (κ3) is 2.44. The van der Waals surface area contributed by atoms with Crippen LogP contribution in [0, 0.1) is 10.8 Å². The van der Waals surface area contributed by atoms with Crippen molar-refractivity contribution in [3.05, 3.63) is 29.8 Å². The van der Waals surface area contributed by atoms with Crippen molar-refractivity contribution in [2.75, 3.05) is 0 Å². The van der Waals surface area contributed by atoms with E-state index in [0.717, 1.165) is 0 Å². The summed E-state index contributed by atoms with van der Waals surface area (Å²) in [7, 11) is -4.39. The van der Waals surface area contributed by atoms with E-state index in [-0.39, 0.29) is 5.75 Å². The number of phenols is 1. The molecular formula is C15H24O4S. The summed E-state index contributed by atoms with van der Waals surface area (Å²) >= 11 is 0. The molecule has 0 aliphatic rings. The van der Waals surface area contributed by atoms with E-state index in [1.165, 1.54) is 12.1 Å². The maximum Gasteiger partial charge on any atom is 0.275 e. The van der Waals surface area contributed by atoms with Crippen molar-refractivity contribution in [3.8, 4) is 5.75 Å². The van der Waals surface area contributed by atoms with Gasteiger partial charge in [-0.15, -0.1) is 0 Å². The Morgan fingerprint density at radius 2 is 1.20 bits per heavy atom. The van der Waals surface area contributed by atoms with E-state index < -0.39 is 25.7 Å². The molecule has 1 rings (SSSR count). The van der Waals surface area contributed by atoms with Crippen molar-refractivity contribution in [1.29, 1.82) is 0 Å². The second-order valence-electron chi connectivity index (χ2n) is 7.20. The van der Waals surface area contributed by atoms with Crippen molar-refractivity contribution in [1.82, 2.24) is 0 Å². The fourth-order valence-corrected chi connectivity index (χ4v) is 5.59. The topological polar surface area (TPSA) is 74.6 Å². The van der Waals surface area contributed by atoms with E-state index in [1.54, 1.807) is 53.7 Å². The molecule has 0 amide bonds. The van der Waals surface area contributed by atoms with E-state index in [2.05, 4.69) is 0 Å². The molecule has 0 aliphatic heterocycles. The molecule has 2 N–H and O–H groups in total. The molecule has 5 heteroatoms. The molecule has 0 saturated carbocycles. The van der Waals surface area contributed by atoms with Crippen LogP contribution < -0.4 is 0 Å². The first-order valence-corrected chi connectivity index (χ1v) is 7.96. The van der Waals surface area contributed by atoms with Crippen molar-refractivity contribution in [2.45, 2.75) is 46.3 Å². The smallest absolute Gasteiger partial charge is 0.275 e. The van der Waals surface area contributed by atoms with E-state index in [1.807, 2.05) is 0 Å². The molecule has 4 nitrogen and oxygen atoms in total. The summed E-state index contributed by atoms with van der Waals surface area (Å²) in [6.07, 6.45) is 0. The summed E-state index contributed by atoms with van der Waals surface area (Å²) in [6, 6.07) is 5.98. The predicted molar refractivity (Wildman–Crippen MR) is 80.2 cm³/mol. The Labute approximate surface area is 121 Å². The van der Waals surface area contributed by atoms with Crippen LogP contribution in [0.2, 0.25) is 0 Å². The normalized spacial score (nSPS) is 14.3. The quantitative estimate of drug-likeness (QED) is 0.819. The van der Waals surface area contributed by atoms with Gasteiger partial charge >= 0.3 is 0 Å². The van der Waals surface area contributed by atoms with Gasteiger partial charge in [0.05, 0.1) is 0 Å². The van der Waals surface area contributed by atoms with Crippen LogP contribution in [0.4, 0.5) is 0 Å². The second-order valence-corrected chi connectivity index (χ2v) is 8.77. The van der Waals surface area contributed by atoms with Crippen molar-refractivity contribution in [3.63, 3.8) is 0 Å². The third-order valence-corrected chi connectivity index (χ3v) is 6.01. The zero-order valence-corrected chi connectivity index (χ0v) is 13.7. The van der Waals surface area contributed by atoms with Crippen LogP contribution in [0.5, 0.6) is 5.75 Å². The van der Waals surface area contributed by atoms with Gasteiger partial charge in [-0.25, -0.2) is 0 Å². The Balaban J connectivity index is 3.87. The minimum atomic E-state index is -4.39. The summed E-state index contributed by atoms with van der Waals surface area (Å²) in [5, 5.41) is 9.42. The summed E-state index contributed by atoms with van der Waals surface area (Å²) < 4.78 is 33.2. The van der Waals surface area contributed by atoms with Crippen LogP contribution in [-0.2, 0) is 14.9 Å². The van der Waals surface area contributed by atoms with E-state index in [0.29, 0.717) is 5.56 Å². The van der Waals surface area contributed by atoms with Gasteiger partial charge in [0.1, 0.15) is 10.5 Å². The predicted octanol–water partition coefficient (Wildman–Crippen LogP) is 3.57. The lowest BCUT2D eigenvalue weighted by Crippen LogP contribution is -2.55. The zero-order valence-electron chi connectivity index (χ0n) is 12.9. The monoisotopic (exact) mass is 300 g/mol. The Morgan fingerprint density at radius 3 is 1.45 bits per heavy atom. The molecule has 0 unspecified atom stereocenters. The SMILES string of the molecule is CC(C)(C)C(c1ccc(O)cc1)(C(C)(C)C)S(=O)(=O)O. The van der Waals surface area contributed by atoms with Gasteiger partial charge < -0.3 is 5.11 Å². The fourth-order valence-electron chi connectivity index (χ4n) is 3.61. The molecule has 1 aromatic carbocycles. The van der Waals surface area contributed by atoms with Crippen LogP contribution in [-0.4, -0.2) is 18.1 Å². The first-order chi connectivity index (χ1) is 8.75. The highest BCUT2D eigenvalue weighted by molar-refractivity contribution is 7.86. The highest BCUT2D eigenvalue weighted by Gasteiger charge is 2.60. The standard InChI is InChI=1S/C15H24O4S/c1-13(2,3)15(14(4,5)6,20(17,18)19)11-7-9-12(16)10-8-11/h7-10,16H,1-6H3,(H,17,18,19). The summed E-state index contributed by atoms with van der Waals surface area (Å²) in [5.41, 5.74) is -1.01. The molecule has 0 radical (unpaired) electrons. The second kappa shape index (κ2) is 4.74. The van der Waals surface area contributed by atoms with Crippen molar-refractivity contribution in [2.24, 2.45) is 10.8 Å². The first-order valence-electron chi connectivity index (χ1n) is 6.52. The maximum atomic E-state index is 12.3. The molecule has 114 valence electrons. The average Bonchev–Trinajstić information content (AvgIpc) is 2.14. The summed E-state index contributed by atoms with van der Waals surface area (Å²) in [4.78, 5) is 0. The Hall–Kier alpha value is -1.07. The number of hydrogen-bond donors (Lipinski definition) is 2. The molecule has 0 spiro atoms. The minimum absolute atomic E-state index is 0.0563. The highest BCUT2D eigenvalue weighted by Crippen LogP contribution is 2.56.